The van der Waals surface area contributed by atoms with E-state index in [1.54, 1.807) is 15.9 Å². The van der Waals surface area contributed by atoms with Crippen LogP contribution in [0.25, 0.3) is 0 Å². The first-order valence-electron chi connectivity index (χ1n) is 13.9. The first kappa shape index (κ1) is 28.7. The predicted molar refractivity (Wildman–Crippen MR) is 140 cm³/mol. The normalized spacial score (nSPS) is 32.3. The highest BCUT2D eigenvalue weighted by atomic mass is 16.6. The molecule has 0 aliphatic carbocycles. The summed E-state index contributed by atoms with van der Waals surface area (Å²) in [6, 6.07) is -0.821. The van der Waals surface area contributed by atoms with Gasteiger partial charge < -0.3 is 29.1 Å². The van der Waals surface area contributed by atoms with Crippen LogP contribution in [-0.2, 0) is 28.6 Å². The number of amides is 2. The molecule has 2 bridgehead atoms. The van der Waals surface area contributed by atoms with Crippen molar-refractivity contribution < 1.29 is 33.7 Å². The molecule has 5 atom stereocenters. The van der Waals surface area contributed by atoms with Crippen molar-refractivity contribution in [1.29, 1.82) is 0 Å². The number of nitrogens with zero attached hydrogens (tertiary/aromatic N) is 3. The number of carbonyl (C=O) groups is 3. The first-order chi connectivity index (χ1) is 18.3. The zero-order chi connectivity index (χ0) is 27.3. The maximum absolute atomic E-state index is 14.3. The number of carbonyl (C=O) groups excluding carboxylic acids is 3. The molecule has 0 aromatic rings. The number of aliphatic hydroxyl groups excluding tert-OH is 1. The van der Waals surface area contributed by atoms with E-state index < -0.39 is 35.0 Å². The average molecular weight is 534 g/mol. The molecule has 0 saturated carbocycles. The molecule has 1 N–H and O–H groups in total. The van der Waals surface area contributed by atoms with Crippen LogP contribution < -0.4 is 0 Å². The van der Waals surface area contributed by atoms with Gasteiger partial charge in [0.15, 0.2) is 0 Å². The number of hydrogen-bond donors (Lipinski definition) is 1. The summed E-state index contributed by atoms with van der Waals surface area (Å²) in [4.78, 5) is 47.2. The largest absolute Gasteiger partial charge is 0.461 e. The maximum Gasteiger partial charge on any atom is 0.313 e. The van der Waals surface area contributed by atoms with E-state index in [0.717, 1.165) is 19.5 Å². The fourth-order valence-electron chi connectivity index (χ4n) is 6.81. The topological polar surface area (TPSA) is 109 Å². The van der Waals surface area contributed by atoms with Gasteiger partial charge in [0.1, 0.15) is 24.2 Å². The van der Waals surface area contributed by atoms with Gasteiger partial charge in [0.05, 0.1) is 24.7 Å². The molecule has 0 radical (unpaired) electrons. The summed E-state index contributed by atoms with van der Waals surface area (Å²) >= 11 is 0. The average Bonchev–Trinajstić information content (AvgIpc) is 3.48. The lowest BCUT2D eigenvalue weighted by Crippen LogP contribution is -2.57. The first-order valence-corrected chi connectivity index (χ1v) is 13.9. The highest BCUT2D eigenvalue weighted by molar-refractivity contribution is 5.98. The van der Waals surface area contributed by atoms with Crippen molar-refractivity contribution in [2.45, 2.75) is 56.3 Å². The van der Waals surface area contributed by atoms with E-state index in [0.29, 0.717) is 65.1 Å². The molecule has 2 amide bonds. The van der Waals surface area contributed by atoms with Crippen molar-refractivity contribution >= 4 is 17.8 Å². The molecule has 4 fully saturated rings. The molecular weight excluding hydrogens is 490 g/mol. The molecule has 2 unspecified atom stereocenters. The van der Waals surface area contributed by atoms with Crippen LogP contribution in [-0.4, -0.2) is 121 Å². The van der Waals surface area contributed by atoms with E-state index in [1.807, 2.05) is 6.92 Å². The van der Waals surface area contributed by atoms with Crippen LogP contribution in [0.1, 0.15) is 39.0 Å². The molecule has 1 spiro atoms. The highest BCUT2D eigenvalue weighted by Crippen LogP contribution is 2.63. The Hall–Kier alpha value is -2.27. The molecule has 4 heterocycles. The second kappa shape index (κ2) is 12.3. The minimum atomic E-state index is -1.07. The van der Waals surface area contributed by atoms with E-state index in [9.17, 15) is 19.5 Å². The summed E-state index contributed by atoms with van der Waals surface area (Å²) < 4.78 is 17.5. The van der Waals surface area contributed by atoms with Crippen LogP contribution in [0.5, 0.6) is 0 Å². The monoisotopic (exact) mass is 533 g/mol. The van der Waals surface area contributed by atoms with Crippen molar-refractivity contribution in [3.05, 3.63) is 25.3 Å². The second-order valence-corrected chi connectivity index (χ2v) is 11.0. The number of unbranched alkanes of at least 4 members (excludes halogenated alkanes) is 2. The summed E-state index contributed by atoms with van der Waals surface area (Å²) in [5, 5.41) is 9.22. The smallest absolute Gasteiger partial charge is 0.313 e. The molecule has 0 aromatic carbocycles. The summed E-state index contributed by atoms with van der Waals surface area (Å²) in [5.74, 6) is -2.41. The van der Waals surface area contributed by atoms with Gasteiger partial charge in [0.2, 0.25) is 11.8 Å². The standard InChI is InChI=1S/C28H43N3O7/c1-4-11-30(14-13-29-15-19-36-20-16-29)25(34)23-28-10-9-27(3,38-28)22(26(35)37-18-5-2)21(28)24(33)31(23)12-7-6-8-17-32/h4-5,21-23,32H,1-2,6-20H2,3H3/t21-,22+,23?,27-,28?/m0/s1. The lowest BCUT2D eigenvalue weighted by atomic mass is 9.66. The summed E-state index contributed by atoms with van der Waals surface area (Å²) in [7, 11) is 0. The van der Waals surface area contributed by atoms with Crippen molar-refractivity contribution in [3.8, 4) is 0 Å². The van der Waals surface area contributed by atoms with Gasteiger partial charge in [-0.25, -0.2) is 0 Å². The molecule has 4 rings (SSSR count). The van der Waals surface area contributed by atoms with Crippen LogP contribution in [0.3, 0.4) is 0 Å². The molecule has 4 aliphatic rings. The second-order valence-electron chi connectivity index (χ2n) is 11.0. The Morgan fingerprint density at radius 2 is 1.92 bits per heavy atom. The third-order valence-electron chi connectivity index (χ3n) is 8.62. The van der Waals surface area contributed by atoms with E-state index in [1.165, 1.54) is 6.08 Å². The van der Waals surface area contributed by atoms with Gasteiger partial charge in [-0.2, -0.15) is 0 Å². The number of rotatable bonds is 14. The Morgan fingerprint density at radius 3 is 2.61 bits per heavy atom. The molecular formula is C28H43N3O7. The zero-order valence-corrected chi connectivity index (χ0v) is 22.6. The van der Waals surface area contributed by atoms with E-state index in [2.05, 4.69) is 18.1 Å². The quantitative estimate of drug-likeness (QED) is 0.200. The Bertz CT molecular complexity index is 907. The lowest BCUT2D eigenvalue weighted by molar-refractivity contribution is -0.159. The number of likely N-dealkylation sites (tertiary alicyclic amines) is 1. The summed E-state index contributed by atoms with van der Waals surface area (Å²) in [5.41, 5.74) is -1.94. The molecule has 10 heteroatoms. The Balaban J connectivity index is 1.62. The van der Waals surface area contributed by atoms with Gasteiger partial charge in [-0.3, -0.25) is 19.3 Å². The van der Waals surface area contributed by atoms with E-state index in [4.69, 9.17) is 14.2 Å². The van der Waals surface area contributed by atoms with Gasteiger partial charge in [0, 0.05) is 45.9 Å². The number of fused-ring (bicyclic) bond motifs is 1. The number of aliphatic hydroxyl groups is 1. The SMILES string of the molecule is C=CCOC(=O)[C@H]1[C@H]2C(=O)N(CCCCCO)C(C(=O)N(CC=C)CCN3CCOCC3)C23CC[C@]1(C)O3. The van der Waals surface area contributed by atoms with Crippen molar-refractivity contribution in [2.24, 2.45) is 11.8 Å². The number of esters is 1. The molecule has 38 heavy (non-hydrogen) atoms. The van der Waals surface area contributed by atoms with Gasteiger partial charge in [0.25, 0.3) is 0 Å². The Kier molecular flexibility index (Phi) is 9.28. The lowest BCUT2D eigenvalue weighted by Gasteiger charge is -2.37. The van der Waals surface area contributed by atoms with E-state index >= 15 is 0 Å². The predicted octanol–water partition coefficient (Wildman–Crippen LogP) is 0.990. The van der Waals surface area contributed by atoms with Gasteiger partial charge in [-0.1, -0.05) is 18.7 Å². The van der Waals surface area contributed by atoms with Crippen molar-refractivity contribution in [3.63, 3.8) is 0 Å². The third kappa shape index (κ3) is 5.28. The third-order valence-corrected chi connectivity index (χ3v) is 8.62. The summed E-state index contributed by atoms with van der Waals surface area (Å²) in [6.07, 6.45) is 6.32. The molecule has 0 aromatic heterocycles. The summed E-state index contributed by atoms with van der Waals surface area (Å²) in [6.45, 7) is 14.4. The molecule has 4 saturated heterocycles. The number of morpholine rings is 1. The molecule has 212 valence electrons. The van der Waals surface area contributed by atoms with Crippen LogP contribution in [0, 0.1) is 11.8 Å². The highest BCUT2D eigenvalue weighted by Gasteiger charge is 2.78. The fourth-order valence-corrected chi connectivity index (χ4v) is 6.81. The van der Waals surface area contributed by atoms with Crippen molar-refractivity contribution in [2.75, 3.05) is 65.7 Å². The minimum absolute atomic E-state index is 0.0568. The fraction of sp³-hybridized carbons (Fsp3) is 0.750. The molecule has 10 nitrogen and oxygen atoms in total. The van der Waals surface area contributed by atoms with Crippen molar-refractivity contribution in [1.82, 2.24) is 14.7 Å². The number of hydrogen-bond acceptors (Lipinski definition) is 8. The van der Waals surface area contributed by atoms with Gasteiger partial charge >= 0.3 is 5.97 Å². The minimum Gasteiger partial charge on any atom is -0.461 e. The van der Waals surface area contributed by atoms with E-state index in [-0.39, 0.29) is 25.0 Å². The maximum atomic E-state index is 14.3. The van der Waals surface area contributed by atoms with Gasteiger partial charge in [-0.15, -0.1) is 6.58 Å². The van der Waals surface area contributed by atoms with Gasteiger partial charge in [-0.05, 0) is 39.0 Å². The Labute approximate surface area is 225 Å². The van der Waals surface area contributed by atoms with Crippen LogP contribution in [0.4, 0.5) is 0 Å². The number of ether oxygens (including phenoxy) is 3. The molecule has 4 aliphatic heterocycles. The van der Waals surface area contributed by atoms with Crippen LogP contribution in [0.2, 0.25) is 0 Å². The van der Waals surface area contributed by atoms with Crippen LogP contribution >= 0.6 is 0 Å². The zero-order valence-electron chi connectivity index (χ0n) is 22.6. The Morgan fingerprint density at radius 1 is 1.16 bits per heavy atom. The van der Waals surface area contributed by atoms with Crippen LogP contribution in [0.15, 0.2) is 25.3 Å².